The summed E-state index contributed by atoms with van der Waals surface area (Å²) in [5, 5.41) is 12.0. The van der Waals surface area contributed by atoms with Crippen LogP contribution in [0.5, 0.6) is 5.75 Å². The molecule has 9 nitrogen and oxygen atoms in total. The largest absolute Gasteiger partial charge is 0.479 e. The zero-order valence-electron chi connectivity index (χ0n) is 11.8. The Balaban J connectivity index is 2.10. The summed E-state index contributed by atoms with van der Waals surface area (Å²) >= 11 is 0. The Hall–Kier alpha value is -2.53. The number of carboxylic acids is 1. The van der Waals surface area contributed by atoms with Crippen molar-refractivity contribution < 1.29 is 32.0 Å². The van der Waals surface area contributed by atoms with Gasteiger partial charge in [0, 0.05) is 0 Å². The van der Waals surface area contributed by atoms with E-state index in [1.807, 2.05) is 0 Å². The number of sulfonamides is 1. The third-order valence-corrected chi connectivity index (χ3v) is 3.95. The number of rotatable bonds is 7. The van der Waals surface area contributed by atoms with Crippen molar-refractivity contribution in [3.05, 3.63) is 35.7 Å². The first-order chi connectivity index (χ1) is 10.8. The number of carbonyl (C=O) groups is 1. The molecule has 23 heavy (non-hydrogen) atoms. The van der Waals surface area contributed by atoms with Gasteiger partial charge in [-0.25, -0.2) is 22.3 Å². The number of hydrogen-bond donors (Lipinski definition) is 2. The van der Waals surface area contributed by atoms with Gasteiger partial charge in [-0.15, -0.1) is 0 Å². The number of nitrogens with zero attached hydrogens (tertiary/aromatic N) is 2. The minimum atomic E-state index is -4.01. The van der Waals surface area contributed by atoms with E-state index in [0.29, 0.717) is 5.82 Å². The molecule has 2 aromatic rings. The van der Waals surface area contributed by atoms with E-state index >= 15 is 0 Å². The Labute approximate surface area is 130 Å². The zero-order chi connectivity index (χ0) is 17.0. The molecule has 0 atom stereocenters. The summed E-state index contributed by atoms with van der Waals surface area (Å²) < 4.78 is 49.4. The summed E-state index contributed by atoms with van der Waals surface area (Å²) in [5.74, 6) is -2.22. The lowest BCUT2D eigenvalue weighted by atomic mass is 10.3. The lowest BCUT2D eigenvalue weighted by Crippen LogP contribution is -2.23. The van der Waals surface area contributed by atoms with Gasteiger partial charge in [-0.1, -0.05) is 5.16 Å². The van der Waals surface area contributed by atoms with Gasteiger partial charge in [-0.05, 0) is 25.1 Å². The van der Waals surface area contributed by atoms with E-state index in [4.69, 9.17) is 9.63 Å². The van der Waals surface area contributed by atoms with Crippen LogP contribution in [0.4, 0.5) is 4.39 Å². The smallest absolute Gasteiger partial charge is 0.341 e. The van der Waals surface area contributed by atoms with E-state index in [2.05, 4.69) is 19.6 Å². The number of aryl methyl sites for hydroxylation is 1. The van der Waals surface area contributed by atoms with Crippen LogP contribution in [0.3, 0.4) is 0 Å². The minimum absolute atomic E-state index is 0.0629. The van der Waals surface area contributed by atoms with Crippen LogP contribution in [0.15, 0.2) is 27.6 Å². The van der Waals surface area contributed by atoms with Gasteiger partial charge in [0.05, 0.1) is 11.4 Å². The third kappa shape index (κ3) is 4.47. The Kier molecular flexibility index (Phi) is 4.91. The van der Waals surface area contributed by atoms with E-state index < -0.39 is 28.4 Å². The van der Waals surface area contributed by atoms with E-state index in [1.54, 1.807) is 6.92 Å². The molecule has 1 aromatic heterocycles. The molecule has 0 radical (unpaired) electrons. The second kappa shape index (κ2) is 6.71. The average molecular weight is 345 g/mol. The molecular formula is C12H12FN3O6S. The number of hydrogen-bond acceptors (Lipinski definition) is 7. The maximum atomic E-state index is 13.7. The Morgan fingerprint density at radius 1 is 1.48 bits per heavy atom. The van der Waals surface area contributed by atoms with Crippen molar-refractivity contribution in [2.24, 2.45) is 0 Å². The molecule has 2 N–H and O–H groups in total. The van der Waals surface area contributed by atoms with Gasteiger partial charge >= 0.3 is 5.97 Å². The number of benzene rings is 1. The molecule has 0 fully saturated rings. The molecular weight excluding hydrogens is 333 g/mol. The number of aliphatic carboxylic acids is 1. The Morgan fingerprint density at radius 2 is 2.22 bits per heavy atom. The molecule has 0 bridgehead atoms. The highest BCUT2D eigenvalue weighted by molar-refractivity contribution is 7.89. The standard InChI is InChI=1S/C12H12FN3O6S/c1-7-15-11(22-16-7)5-14-23(19,20)8-2-3-10(9(13)4-8)21-6-12(17)18/h2-4,14H,5-6H2,1H3,(H,17,18). The quantitative estimate of drug-likeness (QED) is 0.740. The summed E-state index contributed by atoms with van der Waals surface area (Å²) in [5.41, 5.74) is 0. The van der Waals surface area contributed by atoms with Gasteiger partial charge in [-0.3, -0.25) is 0 Å². The lowest BCUT2D eigenvalue weighted by molar-refractivity contribution is -0.139. The summed E-state index contributed by atoms with van der Waals surface area (Å²) in [6, 6.07) is 2.84. The predicted octanol–water partition coefficient (Wildman–Crippen LogP) is 0.459. The van der Waals surface area contributed by atoms with Crippen LogP contribution in [-0.4, -0.2) is 36.2 Å². The van der Waals surface area contributed by atoms with Crippen molar-refractivity contribution >= 4 is 16.0 Å². The molecule has 0 amide bonds. The molecule has 0 unspecified atom stereocenters. The maximum Gasteiger partial charge on any atom is 0.341 e. The first kappa shape index (κ1) is 16.8. The molecule has 1 heterocycles. The third-order valence-electron chi connectivity index (χ3n) is 2.55. The van der Waals surface area contributed by atoms with Crippen LogP contribution in [0, 0.1) is 12.7 Å². The van der Waals surface area contributed by atoms with Crippen LogP contribution in [0.2, 0.25) is 0 Å². The summed E-state index contributed by atoms with van der Waals surface area (Å²) in [4.78, 5) is 13.8. The monoisotopic (exact) mass is 345 g/mol. The number of nitrogens with one attached hydrogen (secondary N) is 1. The van der Waals surface area contributed by atoms with Crippen LogP contribution in [0.25, 0.3) is 0 Å². The van der Waals surface area contributed by atoms with Gasteiger partial charge < -0.3 is 14.4 Å². The first-order valence-corrected chi connectivity index (χ1v) is 7.69. The molecule has 124 valence electrons. The van der Waals surface area contributed by atoms with Crippen molar-refractivity contribution in [2.45, 2.75) is 18.4 Å². The van der Waals surface area contributed by atoms with Crippen molar-refractivity contribution in [1.29, 1.82) is 0 Å². The molecule has 0 saturated carbocycles. The normalized spacial score (nSPS) is 11.4. The predicted molar refractivity (Wildman–Crippen MR) is 72.6 cm³/mol. The van der Waals surface area contributed by atoms with Crippen molar-refractivity contribution in [2.75, 3.05) is 6.61 Å². The topological polar surface area (TPSA) is 132 Å². The van der Waals surface area contributed by atoms with E-state index in [-0.39, 0.29) is 23.1 Å². The van der Waals surface area contributed by atoms with Gasteiger partial charge in [0.15, 0.2) is 24.0 Å². The van der Waals surface area contributed by atoms with E-state index in [0.717, 1.165) is 18.2 Å². The van der Waals surface area contributed by atoms with Gasteiger partial charge in [0.1, 0.15) is 0 Å². The lowest BCUT2D eigenvalue weighted by Gasteiger charge is -2.08. The fourth-order valence-electron chi connectivity index (χ4n) is 1.56. The van der Waals surface area contributed by atoms with Crippen LogP contribution < -0.4 is 9.46 Å². The maximum absolute atomic E-state index is 13.7. The van der Waals surface area contributed by atoms with E-state index in [1.165, 1.54) is 0 Å². The summed E-state index contributed by atoms with van der Waals surface area (Å²) in [7, 11) is -4.01. The van der Waals surface area contributed by atoms with Crippen LogP contribution >= 0.6 is 0 Å². The fourth-order valence-corrected chi connectivity index (χ4v) is 2.54. The van der Waals surface area contributed by atoms with Gasteiger partial charge in [0.25, 0.3) is 0 Å². The molecule has 0 aliphatic carbocycles. The van der Waals surface area contributed by atoms with Gasteiger partial charge in [-0.2, -0.15) is 4.98 Å². The minimum Gasteiger partial charge on any atom is -0.479 e. The van der Waals surface area contributed by atoms with Crippen LogP contribution in [-0.2, 0) is 21.4 Å². The van der Waals surface area contributed by atoms with Gasteiger partial charge in [0.2, 0.25) is 15.9 Å². The molecule has 0 aliphatic rings. The number of aromatic nitrogens is 2. The van der Waals surface area contributed by atoms with Crippen LogP contribution in [0.1, 0.15) is 11.7 Å². The molecule has 2 rings (SSSR count). The van der Waals surface area contributed by atoms with Crippen molar-refractivity contribution in [3.63, 3.8) is 0 Å². The molecule has 0 saturated heterocycles. The highest BCUT2D eigenvalue weighted by Gasteiger charge is 2.18. The SMILES string of the molecule is Cc1noc(CNS(=O)(=O)c2ccc(OCC(=O)O)c(F)c2)n1. The average Bonchev–Trinajstić information content (AvgIpc) is 2.89. The second-order valence-corrected chi connectivity index (χ2v) is 6.10. The fraction of sp³-hybridized carbons (Fsp3) is 0.250. The number of halogens is 1. The van der Waals surface area contributed by atoms with Crippen molar-refractivity contribution in [3.8, 4) is 5.75 Å². The first-order valence-electron chi connectivity index (χ1n) is 6.21. The van der Waals surface area contributed by atoms with Crippen molar-refractivity contribution in [1.82, 2.24) is 14.9 Å². The number of carboxylic acid groups (broad SMARTS) is 1. The molecule has 1 aromatic carbocycles. The molecule has 0 spiro atoms. The number of ether oxygens (including phenoxy) is 1. The Morgan fingerprint density at radius 3 is 2.78 bits per heavy atom. The van der Waals surface area contributed by atoms with E-state index in [9.17, 15) is 17.6 Å². The highest BCUT2D eigenvalue weighted by Crippen LogP contribution is 2.21. The molecule has 11 heteroatoms. The second-order valence-electron chi connectivity index (χ2n) is 4.33. The highest BCUT2D eigenvalue weighted by atomic mass is 32.2. The summed E-state index contributed by atoms with van der Waals surface area (Å²) in [6.45, 7) is 0.590. The molecule has 0 aliphatic heterocycles. The zero-order valence-corrected chi connectivity index (χ0v) is 12.6. The summed E-state index contributed by atoms with van der Waals surface area (Å²) in [6.07, 6.45) is 0. The Bertz CT molecular complexity index is 820.